The maximum absolute atomic E-state index is 12.6. The second-order valence-corrected chi connectivity index (χ2v) is 5.52. The van der Waals surface area contributed by atoms with E-state index in [1.165, 1.54) is 0 Å². The van der Waals surface area contributed by atoms with Gasteiger partial charge in [-0.1, -0.05) is 60.7 Å². The number of hydrogen-bond acceptors (Lipinski definition) is 2. The smallest absolute Gasteiger partial charge is 0.254 e. The van der Waals surface area contributed by atoms with Gasteiger partial charge in [-0.15, -0.1) is 0 Å². The normalized spacial score (nSPS) is 17.1. The van der Waals surface area contributed by atoms with Crippen molar-refractivity contribution >= 4 is 28.3 Å². The Morgan fingerprint density at radius 2 is 1.52 bits per heavy atom. The van der Waals surface area contributed by atoms with E-state index in [-0.39, 0.29) is 11.8 Å². The fraction of sp³-hybridized carbons (Fsp3) is 0.0526. The number of benzene rings is 3. The third kappa shape index (κ3) is 2.25. The fourth-order valence-electron chi connectivity index (χ4n) is 2.95. The third-order valence-corrected chi connectivity index (χ3v) is 4.09. The first-order valence-electron chi connectivity index (χ1n) is 7.42. The highest BCUT2D eigenvalue weighted by Gasteiger charge is 2.29. The highest BCUT2D eigenvalue weighted by molar-refractivity contribution is 6.16. The molecule has 0 saturated carbocycles. The highest BCUT2D eigenvalue weighted by atomic mass is 16.2. The van der Waals surface area contributed by atoms with Crippen LogP contribution < -0.4 is 10.6 Å². The van der Waals surface area contributed by atoms with Crippen LogP contribution in [0, 0.1) is 0 Å². The number of carbonyl (C=O) groups excluding carboxylic acids is 2. The van der Waals surface area contributed by atoms with Gasteiger partial charge in [-0.05, 0) is 17.0 Å². The van der Waals surface area contributed by atoms with Crippen molar-refractivity contribution in [3.63, 3.8) is 0 Å². The topological polar surface area (TPSA) is 58.2 Å². The van der Waals surface area contributed by atoms with Crippen molar-refractivity contribution in [1.29, 1.82) is 0 Å². The lowest BCUT2D eigenvalue weighted by molar-refractivity contribution is -0.118. The van der Waals surface area contributed by atoms with E-state index in [4.69, 9.17) is 0 Å². The highest BCUT2D eigenvalue weighted by Crippen LogP contribution is 2.31. The molecule has 0 fully saturated rings. The van der Waals surface area contributed by atoms with E-state index < -0.39 is 6.04 Å². The Labute approximate surface area is 133 Å². The molecular formula is C19H14N2O2. The van der Waals surface area contributed by atoms with Gasteiger partial charge in [0.25, 0.3) is 11.8 Å². The Bertz CT molecular complexity index is 919. The molecule has 2 N–H and O–H groups in total. The zero-order chi connectivity index (χ0) is 15.8. The molecule has 0 aliphatic carbocycles. The molecule has 4 heteroatoms. The van der Waals surface area contributed by atoms with Crippen LogP contribution in [-0.4, -0.2) is 11.8 Å². The molecule has 4 rings (SSSR count). The molecular weight excluding hydrogens is 288 g/mol. The van der Waals surface area contributed by atoms with Crippen molar-refractivity contribution in [3.8, 4) is 0 Å². The zero-order valence-corrected chi connectivity index (χ0v) is 12.2. The minimum absolute atomic E-state index is 0.236. The Morgan fingerprint density at radius 1 is 0.783 bits per heavy atom. The van der Waals surface area contributed by atoms with Crippen molar-refractivity contribution in [2.45, 2.75) is 6.04 Å². The van der Waals surface area contributed by atoms with Crippen molar-refractivity contribution in [2.75, 3.05) is 5.32 Å². The van der Waals surface area contributed by atoms with Crippen LogP contribution in [0.15, 0.2) is 66.7 Å². The van der Waals surface area contributed by atoms with Crippen LogP contribution in [0.25, 0.3) is 10.8 Å². The predicted octanol–water partition coefficient (Wildman–Crippen LogP) is 3.26. The lowest BCUT2D eigenvalue weighted by atomic mass is 10.0. The van der Waals surface area contributed by atoms with Gasteiger partial charge in [0.15, 0.2) is 0 Å². The first-order chi connectivity index (χ1) is 11.2. The lowest BCUT2D eigenvalue weighted by Gasteiger charge is -2.14. The number of amides is 2. The Hall–Kier alpha value is -3.14. The van der Waals surface area contributed by atoms with Crippen LogP contribution in [0.3, 0.4) is 0 Å². The van der Waals surface area contributed by atoms with E-state index in [1.807, 2.05) is 60.7 Å². The summed E-state index contributed by atoms with van der Waals surface area (Å²) in [5.41, 5.74) is 1.81. The average Bonchev–Trinajstić information content (AvgIpc) is 2.72. The molecule has 1 aliphatic heterocycles. The molecule has 0 aromatic heterocycles. The van der Waals surface area contributed by atoms with Gasteiger partial charge >= 0.3 is 0 Å². The molecule has 0 saturated heterocycles. The molecule has 1 aliphatic rings. The molecule has 2 amide bonds. The first-order valence-corrected chi connectivity index (χ1v) is 7.42. The minimum atomic E-state index is -0.699. The molecule has 1 heterocycles. The third-order valence-electron chi connectivity index (χ3n) is 4.09. The summed E-state index contributed by atoms with van der Waals surface area (Å²) in [6.07, 6.45) is 0. The SMILES string of the molecule is O=C1NC(c2ccccc2)C(=O)Nc2c1ccc1ccccc21. The molecule has 3 aromatic rings. The number of hydrogen-bond donors (Lipinski definition) is 2. The Morgan fingerprint density at radius 3 is 2.35 bits per heavy atom. The van der Waals surface area contributed by atoms with E-state index in [1.54, 1.807) is 6.07 Å². The van der Waals surface area contributed by atoms with E-state index in [0.717, 1.165) is 16.3 Å². The lowest BCUT2D eigenvalue weighted by Crippen LogP contribution is -2.33. The van der Waals surface area contributed by atoms with Crippen LogP contribution in [0.5, 0.6) is 0 Å². The standard InChI is InChI=1S/C19H14N2O2/c22-18-15-11-10-12-6-4-5-9-14(12)17(15)21-19(23)16(20-18)13-7-2-1-3-8-13/h1-11,16H,(H,20,22)(H,21,23). The molecule has 112 valence electrons. The first kappa shape index (κ1) is 13.5. The molecule has 1 unspecified atom stereocenters. The molecule has 1 atom stereocenters. The Balaban J connectivity index is 1.85. The predicted molar refractivity (Wildman–Crippen MR) is 89.2 cm³/mol. The van der Waals surface area contributed by atoms with Gasteiger partial charge in [-0.3, -0.25) is 9.59 Å². The van der Waals surface area contributed by atoms with Crippen molar-refractivity contribution in [2.24, 2.45) is 0 Å². The summed E-state index contributed by atoms with van der Waals surface area (Å²) < 4.78 is 0. The number of nitrogens with one attached hydrogen (secondary N) is 2. The summed E-state index contributed by atoms with van der Waals surface area (Å²) in [5.74, 6) is -0.488. The summed E-state index contributed by atoms with van der Waals surface area (Å²) in [6, 6.07) is 19.9. The van der Waals surface area contributed by atoms with Gasteiger partial charge < -0.3 is 10.6 Å². The molecule has 0 bridgehead atoms. The Kier molecular flexibility index (Phi) is 3.08. The van der Waals surface area contributed by atoms with Crippen LogP contribution in [0.1, 0.15) is 22.0 Å². The number of carbonyl (C=O) groups is 2. The number of fused-ring (bicyclic) bond motifs is 3. The fourth-order valence-corrected chi connectivity index (χ4v) is 2.95. The van der Waals surface area contributed by atoms with E-state index in [2.05, 4.69) is 10.6 Å². The van der Waals surface area contributed by atoms with E-state index >= 15 is 0 Å². The largest absolute Gasteiger partial charge is 0.336 e. The molecule has 0 spiro atoms. The second kappa shape index (κ2) is 5.25. The van der Waals surface area contributed by atoms with E-state index in [0.29, 0.717) is 11.3 Å². The van der Waals surface area contributed by atoms with Crippen molar-refractivity contribution in [3.05, 3.63) is 77.9 Å². The van der Waals surface area contributed by atoms with Crippen molar-refractivity contribution < 1.29 is 9.59 Å². The summed E-state index contributed by atoms with van der Waals surface area (Å²) in [4.78, 5) is 25.2. The second-order valence-electron chi connectivity index (χ2n) is 5.52. The van der Waals surface area contributed by atoms with Crippen LogP contribution in [0.4, 0.5) is 5.69 Å². The van der Waals surface area contributed by atoms with Crippen LogP contribution in [0.2, 0.25) is 0 Å². The van der Waals surface area contributed by atoms with Crippen LogP contribution >= 0.6 is 0 Å². The van der Waals surface area contributed by atoms with Crippen LogP contribution in [-0.2, 0) is 4.79 Å². The maximum Gasteiger partial charge on any atom is 0.254 e. The molecule has 23 heavy (non-hydrogen) atoms. The van der Waals surface area contributed by atoms with Gasteiger partial charge in [-0.2, -0.15) is 0 Å². The van der Waals surface area contributed by atoms with Gasteiger partial charge in [0.2, 0.25) is 0 Å². The maximum atomic E-state index is 12.6. The van der Waals surface area contributed by atoms with E-state index in [9.17, 15) is 9.59 Å². The van der Waals surface area contributed by atoms with Gasteiger partial charge in [0.1, 0.15) is 6.04 Å². The molecule has 4 nitrogen and oxygen atoms in total. The number of rotatable bonds is 1. The summed E-state index contributed by atoms with van der Waals surface area (Å²) in [7, 11) is 0. The monoisotopic (exact) mass is 302 g/mol. The summed E-state index contributed by atoms with van der Waals surface area (Å²) in [6.45, 7) is 0. The van der Waals surface area contributed by atoms with Gasteiger partial charge in [-0.25, -0.2) is 0 Å². The summed E-state index contributed by atoms with van der Waals surface area (Å²) in [5, 5.41) is 7.58. The van der Waals surface area contributed by atoms with Crippen molar-refractivity contribution in [1.82, 2.24) is 5.32 Å². The number of anilines is 1. The van der Waals surface area contributed by atoms with Gasteiger partial charge in [0.05, 0.1) is 11.3 Å². The average molecular weight is 302 g/mol. The molecule has 3 aromatic carbocycles. The molecule has 0 radical (unpaired) electrons. The minimum Gasteiger partial charge on any atom is -0.336 e. The zero-order valence-electron chi connectivity index (χ0n) is 12.2. The summed E-state index contributed by atoms with van der Waals surface area (Å²) >= 11 is 0. The van der Waals surface area contributed by atoms with Gasteiger partial charge in [0, 0.05) is 5.39 Å². The quantitative estimate of drug-likeness (QED) is 0.725.